The van der Waals surface area contributed by atoms with E-state index in [0.29, 0.717) is 6.04 Å². The summed E-state index contributed by atoms with van der Waals surface area (Å²) < 4.78 is 10.4. The predicted octanol–water partition coefficient (Wildman–Crippen LogP) is 2.24. The van der Waals surface area contributed by atoms with E-state index in [4.69, 9.17) is 9.15 Å². The average Bonchev–Trinajstić information content (AvgIpc) is 2.58. The summed E-state index contributed by atoms with van der Waals surface area (Å²) in [6.45, 7) is 1.60. The van der Waals surface area contributed by atoms with Crippen LogP contribution in [0.3, 0.4) is 0 Å². The van der Waals surface area contributed by atoms with Crippen LogP contribution in [0.5, 0.6) is 0 Å². The lowest BCUT2D eigenvalue weighted by Gasteiger charge is -2.27. The Bertz CT molecular complexity index is 445. The van der Waals surface area contributed by atoms with Gasteiger partial charge in [-0.05, 0) is 18.2 Å². The normalized spacial score (nSPS) is 16.9. The summed E-state index contributed by atoms with van der Waals surface area (Å²) in [4.78, 5) is 0. The van der Waals surface area contributed by atoms with Crippen LogP contribution in [0.15, 0.2) is 34.9 Å². The van der Waals surface area contributed by atoms with Crippen LogP contribution in [0, 0.1) is 0 Å². The quantitative estimate of drug-likeness (QED) is 0.786. The van der Waals surface area contributed by atoms with Gasteiger partial charge in [0.25, 0.3) is 0 Å². The maximum absolute atomic E-state index is 5.32. The van der Waals surface area contributed by atoms with Crippen molar-refractivity contribution >= 4 is 16.7 Å². The third kappa shape index (κ3) is 1.26. The number of ether oxygens (including phenoxy) is 1. The largest absolute Gasteiger partial charge is 0.464 e. The maximum Gasteiger partial charge on any atom is 0.135 e. The lowest BCUT2D eigenvalue weighted by atomic mass is 10.2. The monoisotopic (exact) mass is 189 g/mol. The SMILES string of the molecule is c1cc2ccc(NC3COC3)cc2o1. The summed E-state index contributed by atoms with van der Waals surface area (Å²) in [7, 11) is 0. The van der Waals surface area contributed by atoms with Crippen molar-refractivity contribution in [3.63, 3.8) is 0 Å². The summed E-state index contributed by atoms with van der Waals surface area (Å²) in [5, 5.41) is 4.51. The third-order valence-electron chi connectivity index (χ3n) is 2.47. The molecule has 1 aromatic carbocycles. The average molecular weight is 189 g/mol. The van der Waals surface area contributed by atoms with Crippen LogP contribution < -0.4 is 5.32 Å². The van der Waals surface area contributed by atoms with E-state index < -0.39 is 0 Å². The van der Waals surface area contributed by atoms with Gasteiger partial charge in [0, 0.05) is 17.1 Å². The van der Waals surface area contributed by atoms with E-state index in [1.807, 2.05) is 12.1 Å². The van der Waals surface area contributed by atoms with Gasteiger partial charge < -0.3 is 14.5 Å². The molecule has 0 radical (unpaired) electrons. The Hall–Kier alpha value is -1.48. The topological polar surface area (TPSA) is 34.4 Å². The minimum absolute atomic E-state index is 0.461. The molecule has 3 rings (SSSR count). The van der Waals surface area contributed by atoms with Crippen LogP contribution in [0.4, 0.5) is 5.69 Å². The Kier molecular flexibility index (Phi) is 1.70. The summed E-state index contributed by atoms with van der Waals surface area (Å²) in [6.07, 6.45) is 1.71. The van der Waals surface area contributed by atoms with Gasteiger partial charge in [0.2, 0.25) is 0 Å². The lowest BCUT2D eigenvalue weighted by Crippen LogP contribution is -2.40. The highest BCUT2D eigenvalue weighted by atomic mass is 16.5. The molecule has 0 amide bonds. The number of anilines is 1. The highest BCUT2D eigenvalue weighted by molar-refractivity contribution is 5.80. The van der Waals surface area contributed by atoms with Crippen molar-refractivity contribution in [3.05, 3.63) is 30.5 Å². The van der Waals surface area contributed by atoms with Crippen molar-refractivity contribution in [2.24, 2.45) is 0 Å². The molecule has 1 N–H and O–H groups in total. The molecule has 0 saturated carbocycles. The summed E-state index contributed by atoms with van der Waals surface area (Å²) in [5.74, 6) is 0. The second kappa shape index (κ2) is 3.03. The van der Waals surface area contributed by atoms with Crippen LogP contribution in [0.1, 0.15) is 0 Å². The van der Waals surface area contributed by atoms with Gasteiger partial charge in [0.1, 0.15) is 5.58 Å². The standard InChI is InChI=1S/C11H11NO2/c1-2-9(12-10-6-13-7-10)5-11-8(1)3-4-14-11/h1-5,10,12H,6-7H2. The Morgan fingerprint density at radius 2 is 2.14 bits per heavy atom. The minimum Gasteiger partial charge on any atom is -0.464 e. The van der Waals surface area contributed by atoms with Crippen molar-refractivity contribution in [2.75, 3.05) is 18.5 Å². The first-order valence-corrected chi connectivity index (χ1v) is 4.73. The molecule has 72 valence electrons. The lowest BCUT2D eigenvalue weighted by molar-refractivity contribution is 0.0211. The first-order valence-electron chi connectivity index (χ1n) is 4.73. The molecule has 0 bridgehead atoms. The van der Waals surface area contributed by atoms with Crippen molar-refractivity contribution < 1.29 is 9.15 Å². The Labute approximate surface area is 81.7 Å². The van der Waals surface area contributed by atoms with Crippen molar-refractivity contribution in [1.29, 1.82) is 0 Å². The zero-order chi connectivity index (χ0) is 9.38. The van der Waals surface area contributed by atoms with Crippen molar-refractivity contribution in [3.8, 4) is 0 Å². The van der Waals surface area contributed by atoms with Gasteiger partial charge in [0.05, 0.1) is 25.5 Å². The number of hydrogen-bond donors (Lipinski definition) is 1. The zero-order valence-electron chi connectivity index (χ0n) is 7.69. The molecule has 0 spiro atoms. The zero-order valence-corrected chi connectivity index (χ0v) is 7.69. The molecule has 0 aliphatic carbocycles. The molecule has 2 aromatic rings. The van der Waals surface area contributed by atoms with E-state index in [1.54, 1.807) is 6.26 Å². The molecular formula is C11H11NO2. The van der Waals surface area contributed by atoms with Crippen LogP contribution in [0.25, 0.3) is 11.0 Å². The van der Waals surface area contributed by atoms with Crippen LogP contribution in [0.2, 0.25) is 0 Å². The number of furan rings is 1. The fourth-order valence-electron chi connectivity index (χ4n) is 1.60. The molecule has 1 saturated heterocycles. The van der Waals surface area contributed by atoms with Crippen LogP contribution in [-0.2, 0) is 4.74 Å². The smallest absolute Gasteiger partial charge is 0.135 e. The molecule has 1 aromatic heterocycles. The van der Waals surface area contributed by atoms with Crippen LogP contribution in [-0.4, -0.2) is 19.3 Å². The Morgan fingerprint density at radius 1 is 1.21 bits per heavy atom. The number of nitrogens with one attached hydrogen (secondary N) is 1. The molecule has 0 unspecified atom stereocenters. The molecule has 3 nitrogen and oxygen atoms in total. The van der Waals surface area contributed by atoms with Gasteiger partial charge in [-0.3, -0.25) is 0 Å². The second-order valence-corrected chi connectivity index (χ2v) is 3.55. The highest BCUT2D eigenvalue weighted by Crippen LogP contribution is 2.21. The van der Waals surface area contributed by atoms with Crippen molar-refractivity contribution in [2.45, 2.75) is 6.04 Å². The second-order valence-electron chi connectivity index (χ2n) is 3.55. The van der Waals surface area contributed by atoms with Gasteiger partial charge in [-0.2, -0.15) is 0 Å². The molecule has 14 heavy (non-hydrogen) atoms. The van der Waals surface area contributed by atoms with E-state index >= 15 is 0 Å². The molecule has 1 fully saturated rings. The number of rotatable bonds is 2. The van der Waals surface area contributed by atoms with Gasteiger partial charge in [0.15, 0.2) is 0 Å². The first-order chi connectivity index (χ1) is 6.92. The molecular weight excluding hydrogens is 178 g/mol. The van der Waals surface area contributed by atoms with Gasteiger partial charge in [-0.1, -0.05) is 0 Å². The fraction of sp³-hybridized carbons (Fsp3) is 0.273. The molecule has 3 heteroatoms. The van der Waals surface area contributed by atoms with E-state index in [9.17, 15) is 0 Å². The molecule has 2 heterocycles. The molecule has 1 aliphatic heterocycles. The highest BCUT2D eigenvalue weighted by Gasteiger charge is 2.17. The summed E-state index contributed by atoms with van der Waals surface area (Å²) >= 11 is 0. The predicted molar refractivity (Wildman–Crippen MR) is 54.4 cm³/mol. The fourth-order valence-corrected chi connectivity index (χ4v) is 1.60. The minimum atomic E-state index is 0.461. The maximum atomic E-state index is 5.32. The van der Waals surface area contributed by atoms with E-state index in [-0.39, 0.29) is 0 Å². The molecule has 1 aliphatic rings. The van der Waals surface area contributed by atoms with Crippen LogP contribution >= 0.6 is 0 Å². The number of fused-ring (bicyclic) bond motifs is 1. The Morgan fingerprint density at radius 3 is 2.93 bits per heavy atom. The molecule has 0 atom stereocenters. The third-order valence-corrected chi connectivity index (χ3v) is 2.47. The summed E-state index contributed by atoms with van der Waals surface area (Å²) in [5.41, 5.74) is 2.02. The number of benzene rings is 1. The van der Waals surface area contributed by atoms with E-state index in [2.05, 4.69) is 17.4 Å². The van der Waals surface area contributed by atoms with Gasteiger partial charge in [-0.15, -0.1) is 0 Å². The van der Waals surface area contributed by atoms with E-state index in [1.165, 1.54) is 0 Å². The Balaban J connectivity index is 1.88. The van der Waals surface area contributed by atoms with E-state index in [0.717, 1.165) is 29.9 Å². The first kappa shape index (κ1) is 7.88. The van der Waals surface area contributed by atoms with Gasteiger partial charge in [-0.25, -0.2) is 0 Å². The summed E-state index contributed by atoms with van der Waals surface area (Å²) in [6, 6.07) is 8.57. The van der Waals surface area contributed by atoms with Crippen molar-refractivity contribution in [1.82, 2.24) is 0 Å². The number of hydrogen-bond acceptors (Lipinski definition) is 3. The van der Waals surface area contributed by atoms with Gasteiger partial charge >= 0.3 is 0 Å².